The Kier molecular flexibility index (Phi) is 5.23. The van der Waals surface area contributed by atoms with Gasteiger partial charge in [-0.1, -0.05) is 39.5 Å². The van der Waals surface area contributed by atoms with Gasteiger partial charge < -0.3 is 5.32 Å². The van der Waals surface area contributed by atoms with Gasteiger partial charge in [0.05, 0.1) is 6.04 Å². The predicted molar refractivity (Wildman–Crippen MR) is 75.6 cm³/mol. The number of hydrogen-bond donors (Lipinski definition) is 1. The highest BCUT2D eigenvalue weighted by molar-refractivity contribution is 5.83. The Hall–Kier alpha value is -0.370. The second-order valence-electron chi connectivity index (χ2n) is 6.39. The monoisotopic (exact) mass is 251 g/mol. The molecular formula is C16H29NO. The molecule has 0 amide bonds. The summed E-state index contributed by atoms with van der Waals surface area (Å²) < 4.78 is 0. The first-order valence-corrected chi connectivity index (χ1v) is 7.99. The lowest BCUT2D eigenvalue weighted by atomic mass is 9.84. The lowest BCUT2D eigenvalue weighted by Gasteiger charge is -2.23. The predicted octanol–water partition coefficient (Wildman–Crippen LogP) is 3.55. The van der Waals surface area contributed by atoms with E-state index in [1.165, 1.54) is 38.5 Å². The van der Waals surface area contributed by atoms with E-state index in [0.717, 1.165) is 30.7 Å². The molecule has 0 aromatic heterocycles. The molecule has 0 aromatic carbocycles. The molecule has 3 aliphatic rings. The second-order valence-corrected chi connectivity index (χ2v) is 6.39. The van der Waals surface area contributed by atoms with Crippen molar-refractivity contribution >= 4 is 5.78 Å². The van der Waals surface area contributed by atoms with Crippen molar-refractivity contribution in [1.29, 1.82) is 0 Å². The fourth-order valence-electron chi connectivity index (χ4n) is 4.09. The average Bonchev–Trinajstić information content (AvgIpc) is 2.69. The first kappa shape index (κ1) is 14.0. The van der Waals surface area contributed by atoms with Crippen LogP contribution in [0.3, 0.4) is 0 Å². The average molecular weight is 251 g/mol. The van der Waals surface area contributed by atoms with Crippen LogP contribution in [0.15, 0.2) is 0 Å². The minimum absolute atomic E-state index is 0.127. The van der Waals surface area contributed by atoms with Crippen LogP contribution in [-0.4, -0.2) is 18.4 Å². The standard InChI is InChI=1S/C16H29NO/c1-3-16(18)15(17-4-2)11-14-9-12-5-6-13(10-14)8-7-12/h12-15,17H,3-11H2,1-2H3. The van der Waals surface area contributed by atoms with Gasteiger partial charge >= 0.3 is 0 Å². The van der Waals surface area contributed by atoms with E-state index in [9.17, 15) is 4.79 Å². The molecule has 2 nitrogen and oxygen atoms in total. The lowest BCUT2D eigenvalue weighted by Crippen LogP contribution is -2.38. The van der Waals surface area contributed by atoms with Crippen LogP contribution in [-0.2, 0) is 4.79 Å². The van der Waals surface area contributed by atoms with E-state index in [4.69, 9.17) is 0 Å². The third-order valence-electron chi connectivity index (χ3n) is 5.06. The maximum Gasteiger partial charge on any atom is 0.149 e. The first-order valence-electron chi connectivity index (χ1n) is 7.99. The van der Waals surface area contributed by atoms with Crippen LogP contribution in [0.1, 0.15) is 65.2 Å². The largest absolute Gasteiger partial charge is 0.308 e. The van der Waals surface area contributed by atoms with Gasteiger partial charge in [-0.3, -0.25) is 4.79 Å². The van der Waals surface area contributed by atoms with Crippen molar-refractivity contribution in [3.63, 3.8) is 0 Å². The summed E-state index contributed by atoms with van der Waals surface area (Å²) in [7, 11) is 0. The Labute approximate surface area is 112 Å². The molecule has 1 unspecified atom stereocenters. The molecule has 0 aliphatic heterocycles. The Morgan fingerprint density at radius 2 is 1.67 bits per heavy atom. The number of carbonyl (C=O) groups is 1. The Morgan fingerprint density at radius 3 is 2.11 bits per heavy atom. The van der Waals surface area contributed by atoms with E-state index >= 15 is 0 Å². The first-order chi connectivity index (χ1) is 8.72. The number of rotatable bonds is 6. The van der Waals surface area contributed by atoms with E-state index in [-0.39, 0.29) is 6.04 Å². The van der Waals surface area contributed by atoms with E-state index in [0.29, 0.717) is 12.2 Å². The maximum absolute atomic E-state index is 12.0. The smallest absolute Gasteiger partial charge is 0.149 e. The molecule has 2 bridgehead atoms. The van der Waals surface area contributed by atoms with Crippen LogP contribution in [0.2, 0.25) is 0 Å². The van der Waals surface area contributed by atoms with E-state index in [2.05, 4.69) is 12.2 Å². The van der Waals surface area contributed by atoms with Crippen LogP contribution in [0.25, 0.3) is 0 Å². The van der Waals surface area contributed by atoms with Gasteiger partial charge in [0.2, 0.25) is 0 Å². The van der Waals surface area contributed by atoms with E-state index < -0.39 is 0 Å². The van der Waals surface area contributed by atoms with Gasteiger partial charge in [0, 0.05) is 6.42 Å². The summed E-state index contributed by atoms with van der Waals surface area (Å²) >= 11 is 0. The highest BCUT2D eigenvalue weighted by atomic mass is 16.1. The number of fused-ring (bicyclic) bond motifs is 4. The fourth-order valence-corrected chi connectivity index (χ4v) is 4.09. The highest BCUT2D eigenvalue weighted by Gasteiger charge is 2.32. The summed E-state index contributed by atoms with van der Waals surface area (Å²) in [5, 5.41) is 3.40. The Balaban J connectivity index is 1.91. The molecule has 1 N–H and O–H groups in total. The van der Waals surface area contributed by atoms with E-state index in [1.54, 1.807) is 0 Å². The molecule has 3 fully saturated rings. The summed E-state index contributed by atoms with van der Waals surface area (Å²) in [5.74, 6) is 3.14. The lowest BCUT2D eigenvalue weighted by molar-refractivity contribution is -0.121. The van der Waals surface area contributed by atoms with Crippen molar-refractivity contribution in [2.75, 3.05) is 6.54 Å². The van der Waals surface area contributed by atoms with Gasteiger partial charge in [-0.15, -0.1) is 0 Å². The molecule has 3 saturated carbocycles. The quantitative estimate of drug-likeness (QED) is 0.782. The third-order valence-corrected chi connectivity index (χ3v) is 5.06. The van der Waals surface area contributed by atoms with Crippen molar-refractivity contribution in [2.45, 2.75) is 71.3 Å². The molecule has 3 rings (SSSR count). The molecule has 18 heavy (non-hydrogen) atoms. The SMILES string of the molecule is CCNC(CC1CC2CCC(CC2)C1)C(=O)CC. The van der Waals surface area contributed by atoms with Gasteiger partial charge in [-0.05, 0) is 43.6 Å². The van der Waals surface area contributed by atoms with Gasteiger partial charge in [0.25, 0.3) is 0 Å². The van der Waals surface area contributed by atoms with Crippen molar-refractivity contribution in [3.8, 4) is 0 Å². The van der Waals surface area contributed by atoms with Gasteiger partial charge in [-0.2, -0.15) is 0 Å². The normalized spacial score (nSPS) is 33.1. The van der Waals surface area contributed by atoms with Crippen molar-refractivity contribution in [3.05, 3.63) is 0 Å². The third kappa shape index (κ3) is 3.57. The Bertz CT molecular complexity index is 254. The highest BCUT2D eigenvalue weighted by Crippen LogP contribution is 2.43. The molecule has 0 spiro atoms. The zero-order chi connectivity index (χ0) is 13.0. The molecule has 1 atom stereocenters. The fraction of sp³-hybridized carbons (Fsp3) is 0.938. The number of Topliss-reactive ketones (excluding diaryl/α,β-unsaturated/α-hetero) is 1. The number of ketones is 1. The van der Waals surface area contributed by atoms with Crippen molar-refractivity contribution < 1.29 is 4.79 Å². The van der Waals surface area contributed by atoms with Crippen molar-refractivity contribution in [1.82, 2.24) is 5.32 Å². The maximum atomic E-state index is 12.0. The zero-order valence-corrected chi connectivity index (χ0v) is 12.1. The van der Waals surface area contributed by atoms with Gasteiger partial charge in [0.15, 0.2) is 0 Å². The number of nitrogens with one attached hydrogen (secondary N) is 1. The van der Waals surface area contributed by atoms with Crippen molar-refractivity contribution in [2.24, 2.45) is 17.8 Å². The summed E-state index contributed by atoms with van der Waals surface area (Å²) in [5.41, 5.74) is 0. The molecule has 104 valence electrons. The summed E-state index contributed by atoms with van der Waals surface area (Å²) in [6.07, 6.45) is 10.3. The topological polar surface area (TPSA) is 29.1 Å². The molecule has 3 aliphatic carbocycles. The number of hydrogen-bond acceptors (Lipinski definition) is 2. The van der Waals surface area contributed by atoms with Crippen LogP contribution in [0, 0.1) is 17.8 Å². The summed E-state index contributed by atoms with van der Waals surface area (Å²) in [4.78, 5) is 12.0. The summed E-state index contributed by atoms with van der Waals surface area (Å²) in [6, 6.07) is 0.127. The molecule has 0 aromatic rings. The van der Waals surface area contributed by atoms with Crippen LogP contribution >= 0.6 is 0 Å². The molecule has 0 radical (unpaired) electrons. The van der Waals surface area contributed by atoms with Crippen LogP contribution in [0.4, 0.5) is 0 Å². The second kappa shape index (κ2) is 6.70. The van der Waals surface area contributed by atoms with E-state index in [1.807, 2.05) is 6.92 Å². The van der Waals surface area contributed by atoms with Gasteiger partial charge in [0.1, 0.15) is 5.78 Å². The molecule has 0 heterocycles. The number of carbonyl (C=O) groups excluding carboxylic acids is 1. The minimum atomic E-state index is 0.127. The minimum Gasteiger partial charge on any atom is -0.308 e. The van der Waals surface area contributed by atoms with Crippen LogP contribution < -0.4 is 5.32 Å². The molecular weight excluding hydrogens is 222 g/mol. The van der Waals surface area contributed by atoms with Gasteiger partial charge in [-0.25, -0.2) is 0 Å². The number of likely N-dealkylation sites (N-methyl/N-ethyl adjacent to an activating group) is 1. The zero-order valence-electron chi connectivity index (χ0n) is 12.1. The summed E-state index contributed by atoms with van der Waals surface area (Å²) in [6.45, 7) is 5.01. The Morgan fingerprint density at radius 1 is 1.11 bits per heavy atom. The molecule has 0 saturated heterocycles. The van der Waals surface area contributed by atoms with Crippen LogP contribution in [0.5, 0.6) is 0 Å². The molecule has 2 heteroatoms.